The average Bonchev–Trinajstić information content (AvgIpc) is 3.28. The van der Waals surface area contributed by atoms with Crippen LogP contribution in [-0.4, -0.2) is 27.0 Å². The molecule has 1 atom stereocenters. The lowest BCUT2D eigenvalue weighted by atomic mass is 9.76. The van der Waals surface area contributed by atoms with E-state index in [1.165, 1.54) is 4.90 Å². The van der Waals surface area contributed by atoms with Crippen LogP contribution in [0.25, 0.3) is 11.5 Å². The molecule has 8 heteroatoms. The fourth-order valence-corrected chi connectivity index (χ4v) is 4.61. The molecule has 1 aliphatic carbocycles. The highest BCUT2D eigenvalue weighted by Gasteiger charge is 2.54. The minimum absolute atomic E-state index is 0.0635. The Bertz CT molecular complexity index is 1130. The van der Waals surface area contributed by atoms with Gasteiger partial charge in [-0.2, -0.15) is 0 Å². The molecule has 29 heavy (non-hydrogen) atoms. The van der Waals surface area contributed by atoms with Crippen LogP contribution < -0.4 is 5.32 Å². The van der Waals surface area contributed by atoms with Crippen molar-refractivity contribution >= 4 is 27.9 Å². The number of carbonyl (C=O) groups excluding carboxylic acids is 2. The minimum atomic E-state index is -1.00. The van der Waals surface area contributed by atoms with Gasteiger partial charge in [0.1, 0.15) is 12.1 Å². The Morgan fingerprint density at radius 1 is 1.10 bits per heavy atom. The molecule has 7 nitrogen and oxygen atoms in total. The lowest BCUT2D eigenvalue weighted by molar-refractivity contribution is -0.132. The van der Waals surface area contributed by atoms with E-state index in [0.29, 0.717) is 12.3 Å². The van der Waals surface area contributed by atoms with Crippen LogP contribution in [0.1, 0.15) is 29.9 Å². The van der Waals surface area contributed by atoms with Gasteiger partial charge in [0.2, 0.25) is 11.8 Å². The van der Waals surface area contributed by atoms with Crippen LogP contribution in [0.15, 0.2) is 57.4 Å². The number of aryl methyl sites for hydroxylation is 1. The van der Waals surface area contributed by atoms with Gasteiger partial charge < -0.3 is 9.73 Å². The van der Waals surface area contributed by atoms with Gasteiger partial charge in [0.05, 0.1) is 5.56 Å². The zero-order chi connectivity index (χ0) is 20.0. The van der Waals surface area contributed by atoms with Gasteiger partial charge >= 0.3 is 6.03 Å². The van der Waals surface area contributed by atoms with Crippen LogP contribution in [0, 0.1) is 0 Å². The highest BCUT2D eigenvalue weighted by atomic mass is 79.9. The molecule has 0 unspecified atom stereocenters. The van der Waals surface area contributed by atoms with Crippen molar-refractivity contribution in [2.75, 3.05) is 0 Å². The number of nitrogens with one attached hydrogen (secondary N) is 1. The van der Waals surface area contributed by atoms with Crippen LogP contribution in [0.5, 0.6) is 0 Å². The Morgan fingerprint density at radius 3 is 2.76 bits per heavy atom. The van der Waals surface area contributed by atoms with Crippen LogP contribution in [0.3, 0.4) is 0 Å². The molecule has 2 heterocycles. The summed E-state index contributed by atoms with van der Waals surface area (Å²) >= 11 is 3.46. The van der Waals surface area contributed by atoms with Crippen molar-refractivity contribution in [1.82, 2.24) is 20.4 Å². The molecule has 3 aromatic rings. The van der Waals surface area contributed by atoms with E-state index in [9.17, 15) is 9.59 Å². The SMILES string of the molecule is O=C1N[C@@]2(CCCc3ccccc32)C(=O)N1Cc1nnc(-c2ccccc2Br)o1. The van der Waals surface area contributed by atoms with E-state index in [-0.39, 0.29) is 18.3 Å². The van der Waals surface area contributed by atoms with E-state index < -0.39 is 11.6 Å². The second-order valence-corrected chi connectivity index (χ2v) is 8.07. The van der Waals surface area contributed by atoms with Crippen molar-refractivity contribution in [3.8, 4) is 11.5 Å². The fraction of sp³-hybridized carbons (Fsp3) is 0.238. The van der Waals surface area contributed by atoms with E-state index in [4.69, 9.17) is 4.42 Å². The van der Waals surface area contributed by atoms with Crippen molar-refractivity contribution in [3.63, 3.8) is 0 Å². The Hall–Kier alpha value is -3.00. The molecule has 5 rings (SSSR count). The number of imide groups is 1. The lowest BCUT2D eigenvalue weighted by Crippen LogP contribution is -2.46. The van der Waals surface area contributed by atoms with Gasteiger partial charge in [-0.1, -0.05) is 36.4 Å². The van der Waals surface area contributed by atoms with Gasteiger partial charge in [-0.15, -0.1) is 10.2 Å². The van der Waals surface area contributed by atoms with E-state index in [2.05, 4.69) is 31.4 Å². The van der Waals surface area contributed by atoms with Crippen LogP contribution in [0.2, 0.25) is 0 Å². The molecule has 146 valence electrons. The van der Waals surface area contributed by atoms with Gasteiger partial charge in [-0.3, -0.25) is 9.69 Å². The molecule has 2 aliphatic rings. The van der Waals surface area contributed by atoms with Crippen molar-refractivity contribution in [2.45, 2.75) is 31.3 Å². The summed E-state index contributed by atoms with van der Waals surface area (Å²) in [7, 11) is 0. The quantitative estimate of drug-likeness (QED) is 0.610. The Labute approximate surface area is 175 Å². The van der Waals surface area contributed by atoms with Gasteiger partial charge in [-0.05, 0) is 58.5 Å². The van der Waals surface area contributed by atoms with Crippen LogP contribution >= 0.6 is 15.9 Å². The topological polar surface area (TPSA) is 88.3 Å². The molecular formula is C21H17BrN4O3. The minimum Gasteiger partial charge on any atom is -0.419 e. The van der Waals surface area contributed by atoms with Crippen molar-refractivity contribution in [3.05, 3.63) is 70.0 Å². The maximum Gasteiger partial charge on any atom is 0.325 e. The molecule has 1 aliphatic heterocycles. The van der Waals surface area contributed by atoms with Crippen molar-refractivity contribution < 1.29 is 14.0 Å². The first-order valence-corrected chi connectivity index (χ1v) is 10.2. The monoisotopic (exact) mass is 452 g/mol. The summed E-state index contributed by atoms with van der Waals surface area (Å²) in [5.41, 5.74) is 1.73. The zero-order valence-corrected chi connectivity index (χ0v) is 17.0. The predicted octanol–water partition coefficient (Wildman–Crippen LogP) is 3.78. The van der Waals surface area contributed by atoms with Gasteiger partial charge in [0, 0.05) is 4.47 Å². The number of rotatable bonds is 3. The first-order valence-electron chi connectivity index (χ1n) is 9.38. The van der Waals surface area contributed by atoms with E-state index >= 15 is 0 Å². The summed E-state index contributed by atoms with van der Waals surface area (Å²) in [6.07, 6.45) is 2.32. The molecule has 3 amide bonds. The highest BCUT2D eigenvalue weighted by Crippen LogP contribution is 2.40. The van der Waals surface area contributed by atoms with Crippen LogP contribution in [0.4, 0.5) is 4.79 Å². The number of hydrogen-bond donors (Lipinski definition) is 1. The molecule has 1 spiro atoms. The molecule has 1 N–H and O–H groups in total. The Balaban J connectivity index is 1.44. The third kappa shape index (κ3) is 2.86. The molecular weight excluding hydrogens is 436 g/mol. The number of amides is 3. The second kappa shape index (κ2) is 6.81. The molecule has 0 saturated carbocycles. The summed E-state index contributed by atoms with van der Waals surface area (Å²) in [5.74, 6) is 0.271. The van der Waals surface area contributed by atoms with E-state index in [1.54, 1.807) is 0 Å². The van der Waals surface area contributed by atoms with Crippen molar-refractivity contribution in [2.24, 2.45) is 0 Å². The third-order valence-electron chi connectivity index (χ3n) is 5.52. The number of benzene rings is 2. The molecule has 2 aromatic carbocycles. The maximum atomic E-state index is 13.3. The number of aromatic nitrogens is 2. The summed E-state index contributed by atoms with van der Waals surface area (Å²) in [4.78, 5) is 27.2. The number of hydrogen-bond acceptors (Lipinski definition) is 5. The molecule has 1 aromatic heterocycles. The lowest BCUT2D eigenvalue weighted by Gasteiger charge is -2.33. The largest absolute Gasteiger partial charge is 0.419 e. The number of halogens is 1. The first-order chi connectivity index (χ1) is 14.1. The molecule has 0 radical (unpaired) electrons. The predicted molar refractivity (Wildman–Crippen MR) is 108 cm³/mol. The number of urea groups is 1. The number of fused-ring (bicyclic) bond motifs is 2. The zero-order valence-electron chi connectivity index (χ0n) is 15.4. The number of nitrogens with zero attached hydrogens (tertiary/aromatic N) is 3. The normalized spacial score (nSPS) is 20.8. The molecule has 1 fully saturated rings. The summed E-state index contributed by atoms with van der Waals surface area (Å²) < 4.78 is 6.55. The second-order valence-electron chi connectivity index (χ2n) is 7.22. The summed E-state index contributed by atoms with van der Waals surface area (Å²) in [5, 5.41) is 11.0. The van der Waals surface area contributed by atoms with Gasteiger partial charge in [0.15, 0.2) is 0 Å². The smallest absolute Gasteiger partial charge is 0.325 e. The third-order valence-corrected chi connectivity index (χ3v) is 6.21. The van der Waals surface area contributed by atoms with Crippen molar-refractivity contribution in [1.29, 1.82) is 0 Å². The standard InChI is InChI=1S/C21H17BrN4O3/c22-16-10-4-2-8-14(16)18-25-24-17(29-18)12-26-19(27)21(23-20(26)28)11-5-7-13-6-1-3-9-15(13)21/h1-4,6,8-10H,5,7,11-12H2,(H,23,28)/t21-/m1/s1. The molecule has 0 bridgehead atoms. The average molecular weight is 453 g/mol. The van der Waals surface area contributed by atoms with Gasteiger partial charge in [-0.25, -0.2) is 4.79 Å². The number of carbonyl (C=O) groups is 2. The summed E-state index contributed by atoms with van der Waals surface area (Å²) in [6.45, 7) is -0.0635. The Morgan fingerprint density at radius 2 is 1.90 bits per heavy atom. The summed E-state index contributed by atoms with van der Waals surface area (Å²) in [6, 6.07) is 14.8. The van der Waals surface area contributed by atoms with E-state index in [1.807, 2.05) is 48.5 Å². The van der Waals surface area contributed by atoms with E-state index in [0.717, 1.165) is 34.0 Å². The maximum absolute atomic E-state index is 13.3. The van der Waals surface area contributed by atoms with Gasteiger partial charge in [0.25, 0.3) is 5.91 Å². The molecule has 1 saturated heterocycles. The van der Waals surface area contributed by atoms with Crippen LogP contribution in [-0.2, 0) is 23.3 Å². The first kappa shape index (κ1) is 18.1. The highest BCUT2D eigenvalue weighted by molar-refractivity contribution is 9.10. The Kier molecular flexibility index (Phi) is 4.24. The fourth-order valence-electron chi connectivity index (χ4n) is 4.15.